The Labute approximate surface area is 65.1 Å². The number of nitrogens with zero attached hydrogens (tertiary/aromatic N) is 2. The molecule has 1 heterocycles. The molecule has 3 nitrogen and oxygen atoms in total. The highest BCUT2D eigenvalue weighted by molar-refractivity contribution is 7.16. The zero-order chi connectivity index (χ0) is 7.68. The van der Waals surface area contributed by atoms with Gasteiger partial charge in [-0.05, 0) is 16.9 Å². The average Bonchev–Trinajstić information content (AvgIpc) is 2.04. The third-order valence-corrected chi connectivity index (χ3v) is 2.02. The predicted molar refractivity (Wildman–Crippen MR) is 43.2 cm³/mol. The number of hydrogen-bond donors (Lipinski definition) is 0. The van der Waals surface area contributed by atoms with Crippen LogP contribution in [0.3, 0.4) is 0 Å². The summed E-state index contributed by atoms with van der Waals surface area (Å²) in [7, 11) is 0.449. The van der Waals surface area contributed by atoms with E-state index in [2.05, 4.69) is 4.75 Å². The van der Waals surface area contributed by atoms with Crippen LogP contribution in [0.1, 0.15) is 0 Å². The van der Waals surface area contributed by atoms with Gasteiger partial charge in [0, 0.05) is 0 Å². The van der Waals surface area contributed by atoms with E-state index in [0.29, 0.717) is 8.51 Å². The second-order valence-electron chi connectivity index (χ2n) is 2.18. The molecule has 0 radical (unpaired) electrons. The number of benzene rings is 1. The standard InChI is InChI=1S/C7H5N2OP/c10-9-5-6-3-1-2-4-7(6)8-11-9/h1-5H. The third kappa shape index (κ3) is 1.15. The summed E-state index contributed by atoms with van der Waals surface area (Å²) in [6, 6.07) is 7.57. The first-order chi connectivity index (χ1) is 5.36. The van der Waals surface area contributed by atoms with E-state index in [4.69, 9.17) is 0 Å². The molecule has 54 valence electrons. The zero-order valence-corrected chi connectivity index (χ0v) is 6.53. The lowest BCUT2D eigenvalue weighted by molar-refractivity contribution is -0.528. The zero-order valence-electron chi connectivity index (χ0n) is 5.64. The van der Waals surface area contributed by atoms with Crippen molar-refractivity contribution in [2.75, 3.05) is 0 Å². The fourth-order valence-electron chi connectivity index (χ4n) is 0.925. The molecule has 4 heteroatoms. The molecule has 0 aliphatic heterocycles. The summed E-state index contributed by atoms with van der Waals surface area (Å²) in [4.78, 5) is 0. The van der Waals surface area contributed by atoms with E-state index >= 15 is 0 Å². The van der Waals surface area contributed by atoms with Gasteiger partial charge >= 0.3 is 8.51 Å². The molecule has 0 saturated heterocycles. The van der Waals surface area contributed by atoms with E-state index in [1.807, 2.05) is 24.3 Å². The lowest BCUT2D eigenvalue weighted by atomic mass is 10.3. The lowest BCUT2D eigenvalue weighted by Crippen LogP contribution is -2.19. The Balaban J connectivity index is 2.83. The fourth-order valence-corrected chi connectivity index (χ4v) is 1.47. The Morgan fingerprint density at radius 3 is 3.09 bits per heavy atom. The normalized spacial score (nSPS) is 10.9. The van der Waals surface area contributed by atoms with Gasteiger partial charge in [-0.25, -0.2) is 4.49 Å². The predicted octanol–water partition coefficient (Wildman–Crippen LogP) is 1.45. The summed E-state index contributed by atoms with van der Waals surface area (Å²) < 4.78 is 4.82. The summed E-state index contributed by atoms with van der Waals surface area (Å²) in [5.74, 6) is 0. The van der Waals surface area contributed by atoms with Crippen LogP contribution in [0.5, 0.6) is 0 Å². The average molecular weight is 164 g/mol. The van der Waals surface area contributed by atoms with Crippen LogP contribution in [-0.2, 0) is 0 Å². The van der Waals surface area contributed by atoms with Gasteiger partial charge in [-0.1, -0.05) is 12.1 Å². The Bertz CT molecular complexity index is 391. The van der Waals surface area contributed by atoms with Crippen LogP contribution >= 0.6 is 8.51 Å². The van der Waals surface area contributed by atoms with Crippen molar-refractivity contribution in [1.29, 1.82) is 0 Å². The van der Waals surface area contributed by atoms with Crippen molar-refractivity contribution >= 4 is 19.4 Å². The second kappa shape index (κ2) is 2.44. The Morgan fingerprint density at radius 1 is 1.36 bits per heavy atom. The fraction of sp³-hybridized carbons (Fsp3) is 0. The van der Waals surface area contributed by atoms with Crippen molar-refractivity contribution in [1.82, 2.24) is 4.75 Å². The molecule has 0 unspecified atom stereocenters. The molecule has 0 amide bonds. The summed E-state index contributed by atoms with van der Waals surface area (Å²) in [6.07, 6.45) is 1.55. The molecule has 0 aliphatic carbocycles. The van der Waals surface area contributed by atoms with E-state index in [1.54, 1.807) is 6.20 Å². The summed E-state index contributed by atoms with van der Waals surface area (Å²) in [6.45, 7) is 0. The van der Waals surface area contributed by atoms with Gasteiger partial charge in [-0.2, -0.15) is 0 Å². The minimum Gasteiger partial charge on any atom is -0.708 e. The van der Waals surface area contributed by atoms with Crippen LogP contribution in [0, 0.1) is 5.21 Å². The summed E-state index contributed by atoms with van der Waals surface area (Å²) in [5, 5.41) is 11.7. The van der Waals surface area contributed by atoms with Crippen molar-refractivity contribution in [3.63, 3.8) is 0 Å². The van der Waals surface area contributed by atoms with Gasteiger partial charge in [-0.15, -0.1) is 0 Å². The van der Waals surface area contributed by atoms with Crippen molar-refractivity contribution in [2.45, 2.75) is 0 Å². The first-order valence-corrected chi connectivity index (χ1v) is 3.98. The van der Waals surface area contributed by atoms with Crippen LogP contribution in [0.4, 0.5) is 0 Å². The van der Waals surface area contributed by atoms with E-state index in [-0.39, 0.29) is 0 Å². The van der Waals surface area contributed by atoms with E-state index in [9.17, 15) is 5.21 Å². The topological polar surface area (TPSA) is 39.8 Å². The maximum Gasteiger partial charge on any atom is 0.396 e. The van der Waals surface area contributed by atoms with Gasteiger partial charge in [-0.3, -0.25) is 0 Å². The number of rotatable bonds is 0. The molecule has 0 spiro atoms. The molecular weight excluding hydrogens is 159 g/mol. The highest BCUT2D eigenvalue weighted by Gasteiger charge is 1.98. The largest absolute Gasteiger partial charge is 0.708 e. The van der Waals surface area contributed by atoms with Crippen molar-refractivity contribution in [2.24, 2.45) is 0 Å². The van der Waals surface area contributed by atoms with E-state index in [0.717, 1.165) is 15.4 Å². The number of aromatic nitrogens is 2. The molecule has 0 saturated carbocycles. The molecule has 11 heavy (non-hydrogen) atoms. The van der Waals surface area contributed by atoms with Crippen molar-refractivity contribution in [3.05, 3.63) is 35.7 Å². The maximum atomic E-state index is 10.8. The van der Waals surface area contributed by atoms with Crippen LogP contribution in [-0.4, -0.2) is 4.75 Å². The quantitative estimate of drug-likeness (QED) is 0.553. The summed E-state index contributed by atoms with van der Waals surface area (Å²) in [5.41, 5.74) is 0.890. The molecule has 1 aromatic carbocycles. The number of fused-ring (bicyclic) bond motifs is 1. The Morgan fingerprint density at radius 2 is 2.18 bits per heavy atom. The molecule has 1 aromatic heterocycles. The first-order valence-electron chi connectivity index (χ1n) is 3.18. The minimum absolute atomic E-state index is 0.449. The summed E-state index contributed by atoms with van der Waals surface area (Å²) >= 11 is 0. The van der Waals surface area contributed by atoms with E-state index in [1.165, 1.54) is 0 Å². The van der Waals surface area contributed by atoms with Gasteiger partial charge in [0.1, 0.15) is 6.20 Å². The minimum atomic E-state index is 0.449. The monoisotopic (exact) mass is 164 g/mol. The van der Waals surface area contributed by atoms with Gasteiger partial charge in [0.25, 0.3) is 0 Å². The van der Waals surface area contributed by atoms with Crippen LogP contribution < -0.4 is 4.49 Å². The molecule has 0 atom stereocenters. The number of hydrogen-bond acceptors (Lipinski definition) is 2. The highest BCUT2D eigenvalue weighted by Crippen LogP contribution is 2.08. The molecule has 2 rings (SSSR count). The highest BCUT2D eigenvalue weighted by atomic mass is 31.1. The smallest absolute Gasteiger partial charge is 0.396 e. The van der Waals surface area contributed by atoms with Crippen LogP contribution in [0.25, 0.3) is 10.9 Å². The molecule has 0 fully saturated rings. The van der Waals surface area contributed by atoms with Crippen molar-refractivity contribution < 1.29 is 4.49 Å². The molecule has 2 aromatic rings. The van der Waals surface area contributed by atoms with Gasteiger partial charge in [0.15, 0.2) is 5.52 Å². The van der Waals surface area contributed by atoms with Crippen LogP contribution in [0.15, 0.2) is 30.5 Å². The Hall–Kier alpha value is -1.21. The molecule has 0 bridgehead atoms. The molecule has 0 aliphatic rings. The van der Waals surface area contributed by atoms with Gasteiger partial charge in [0.05, 0.1) is 5.39 Å². The Kier molecular flexibility index (Phi) is 1.44. The van der Waals surface area contributed by atoms with E-state index < -0.39 is 0 Å². The maximum absolute atomic E-state index is 10.8. The lowest BCUT2D eigenvalue weighted by Gasteiger charge is -1.96. The first kappa shape index (κ1) is 6.50. The van der Waals surface area contributed by atoms with Gasteiger partial charge < -0.3 is 5.21 Å². The van der Waals surface area contributed by atoms with Crippen molar-refractivity contribution in [3.8, 4) is 0 Å². The van der Waals surface area contributed by atoms with Crippen LogP contribution in [0.2, 0.25) is 0 Å². The van der Waals surface area contributed by atoms with Gasteiger partial charge in [0.2, 0.25) is 0 Å². The third-order valence-electron chi connectivity index (χ3n) is 1.43. The molecular formula is C7H5N2OP. The molecule has 0 N–H and O–H groups in total. The second-order valence-corrected chi connectivity index (χ2v) is 2.95. The SMILES string of the molecule is [O-][n+]1cc2ccccc2np1.